The van der Waals surface area contributed by atoms with Crippen LogP contribution in [0.25, 0.3) is 17.0 Å². The second-order valence-corrected chi connectivity index (χ2v) is 7.17. The number of rotatable bonds is 5. The molecule has 1 atom stereocenters. The second-order valence-electron chi connectivity index (χ2n) is 7.17. The summed E-state index contributed by atoms with van der Waals surface area (Å²) < 4.78 is 7.01. The number of benzene rings is 1. The van der Waals surface area contributed by atoms with Crippen molar-refractivity contribution >= 4 is 17.5 Å². The molecule has 146 valence electrons. The monoisotopic (exact) mass is 380 g/mol. The van der Waals surface area contributed by atoms with Crippen molar-refractivity contribution in [1.29, 1.82) is 0 Å². The van der Waals surface area contributed by atoms with E-state index in [0.29, 0.717) is 37.9 Å². The highest BCUT2D eigenvalue weighted by molar-refractivity contribution is 5.85. The summed E-state index contributed by atoms with van der Waals surface area (Å²) in [4.78, 5) is 23.8. The number of hydrogen-bond acceptors (Lipinski definition) is 6. The standard InChI is InChI=1S/C20H24N6O2/c1-14(2)18(19(27)25-8-10-28-11-9-25)24-17-12-16(15-6-4-3-5-7-15)23-20-21-13-22-26(17)20/h3-7,12-14,18,24H,8-11H2,1-2H3/t18-/m1/s1. The number of carbonyl (C=O) groups excluding carboxylic acids is 1. The van der Waals surface area contributed by atoms with Gasteiger partial charge in [-0.05, 0) is 5.92 Å². The maximum atomic E-state index is 13.1. The minimum atomic E-state index is -0.378. The molecular formula is C20H24N6O2. The van der Waals surface area contributed by atoms with Gasteiger partial charge in [0.2, 0.25) is 5.91 Å². The SMILES string of the molecule is CC(C)[C@@H](Nc1cc(-c2ccccc2)nc2ncnn12)C(=O)N1CCOCC1. The van der Waals surface area contributed by atoms with Crippen LogP contribution in [0.5, 0.6) is 0 Å². The Kier molecular flexibility index (Phi) is 5.21. The minimum Gasteiger partial charge on any atom is -0.378 e. The van der Waals surface area contributed by atoms with Crippen LogP contribution in [0.3, 0.4) is 0 Å². The number of nitrogens with one attached hydrogen (secondary N) is 1. The van der Waals surface area contributed by atoms with Crippen molar-refractivity contribution in [3.8, 4) is 11.3 Å². The highest BCUT2D eigenvalue weighted by Gasteiger charge is 2.29. The number of nitrogens with zero attached hydrogens (tertiary/aromatic N) is 5. The van der Waals surface area contributed by atoms with Crippen LogP contribution in [0.15, 0.2) is 42.7 Å². The van der Waals surface area contributed by atoms with Crippen LogP contribution < -0.4 is 5.32 Å². The zero-order valence-corrected chi connectivity index (χ0v) is 16.1. The summed E-state index contributed by atoms with van der Waals surface area (Å²) in [6.07, 6.45) is 1.47. The molecule has 0 saturated carbocycles. The van der Waals surface area contributed by atoms with Gasteiger partial charge in [-0.15, -0.1) is 0 Å². The molecule has 3 heterocycles. The topological polar surface area (TPSA) is 84.7 Å². The molecule has 4 rings (SSSR count). The van der Waals surface area contributed by atoms with Crippen LogP contribution in [0.2, 0.25) is 0 Å². The van der Waals surface area contributed by atoms with Gasteiger partial charge in [0.25, 0.3) is 5.78 Å². The Hall–Kier alpha value is -3.00. The first-order valence-electron chi connectivity index (χ1n) is 9.53. The molecule has 1 amide bonds. The minimum absolute atomic E-state index is 0.0737. The van der Waals surface area contributed by atoms with Gasteiger partial charge >= 0.3 is 0 Å². The molecule has 8 nitrogen and oxygen atoms in total. The fourth-order valence-electron chi connectivity index (χ4n) is 3.33. The molecule has 3 aromatic rings. The molecule has 1 N–H and O–H groups in total. The highest BCUT2D eigenvalue weighted by Crippen LogP contribution is 2.23. The Morgan fingerprint density at radius 2 is 1.93 bits per heavy atom. The molecule has 2 aromatic heterocycles. The molecule has 1 aliphatic heterocycles. The van der Waals surface area contributed by atoms with Crippen LogP contribution in [-0.4, -0.2) is 62.7 Å². The van der Waals surface area contributed by atoms with Gasteiger partial charge in [-0.25, -0.2) is 4.98 Å². The van der Waals surface area contributed by atoms with E-state index in [1.807, 2.05) is 55.1 Å². The maximum Gasteiger partial charge on any atom is 0.254 e. The fourth-order valence-corrected chi connectivity index (χ4v) is 3.33. The van der Waals surface area contributed by atoms with Crippen LogP contribution in [-0.2, 0) is 9.53 Å². The van der Waals surface area contributed by atoms with E-state index >= 15 is 0 Å². The lowest BCUT2D eigenvalue weighted by molar-refractivity contribution is -0.137. The molecule has 0 spiro atoms. The Bertz CT molecular complexity index is 950. The van der Waals surface area contributed by atoms with E-state index in [1.54, 1.807) is 4.52 Å². The molecule has 0 aliphatic carbocycles. The molecule has 28 heavy (non-hydrogen) atoms. The molecule has 1 saturated heterocycles. The predicted molar refractivity (Wildman–Crippen MR) is 106 cm³/mol. The van der Waals surface area contributed by atoms with Gasteiger partial charge in [0.1, 0.15) is 18.2 Å². The van der Waals surface area contributed by atoms with E-state index in [-0.39, 0.29) is 17.9 Å². The smallest absolute Gasteiger partial charge is 0.254 e. The number of ether oxygens (including phenoxy) is 1. The zero-order valence-electron chi connectivity index (χ0n) is 16.1. The fraction of sp³-hybridized carbons (Fsp3) is 0.400. The molecule has 1 aromatic carbocycles. The number of fused-ring (bicyclic) bond motifs is 1. The Morgan fingerprint density at radius 3 is 2.64 bits per heavy atom. The second kappa shape index (κ2) is 7.93. The lowest BCUT2D eigenvalue weighted by Gasteiger charge is -2.32. The van der Waals surface area contributed by atoms with Gasteiger partial charge in [0.15, 0.2) is 0 Å². The number of carbonyl (C=O) groups is 1. The van der Waals surface area contributed by atoms with Gasteiger partial charge < -0.3 is 15.0 Å². The first kappa shape index (κ1) is 18.4. The first-order valence-corrected chi connectivity index (χ1v) is 9.53. The summed E-state index contributed by atoms with van der Waals surface area (Å²) in [6.45, 7) is 6.47. The third kappa shape index (κ3) is 3.68. The van der Waals surface area contributed by atoms with Crippen molar-refractivity contribution < 1.29 is 9.53 Å². The van der Waals surface area contributed by atoms with E-state index < -0.39 is 0 Å². The summed E-state index contributed by atoms with van der Waals surface area (Å²) in [7, 11) is 0. The van der Waals surface area contributed by atoms with Crippen molar-refractivity contribution in [2.45, 2.75) is 19.9 Å². The lowest BCUT2D eigenvalue weighted by Crippen LogP contribution is -2.50. The van der Waals surface area contributed by atoms with Crippen molar-refractivity contribution in [1.82, 2.24) is 24.5 Å². The summed E-state index contributed by atoms with van der Waals surface area (Å²) in [5, 5.41) is 7.68. The molecule has 0 bridgehead atoms. The molecule has 0 radical (unpaired) electrons. The normalized spacial score (nSPS) is 15.8. The van der Waals surface area contributed by atoms with Crippen LogP contribution >= 0.6 is 0 Å². The number of anilines is 1. The Morgan fingerprint density at radius 1 is 1.18 bits per heavy atom. The van der Waals surface area contributed by atoms with Crippen LogP contribution in [0.4, 0.5) is 5.82 Å². The third-order valence-corrected chi connectivity index (χ3v) is 4.88. The number of morpholine rings is 1. The summed E-state index contributed by atoms with van der Waals surface area (Å²) in [5.74, 6) is 1.36. The Balaban J connectivity index is 1.68. The third-order valence-electron chi connectivity index (χ3n) is 4.88. The summed E-state index contributed by atoms with van der Waals surface area (Å²) >= 11 is 0. The van der Waals surface area contributed by atoms with Crippen LogP contribution in [0.1, 0.15) is 13.8 Å². The molecule has 8 heteroatoms. The predicted octanol–water partition coefficient (Wildman–Crippen LogP) is 2.09. The van der Waals surface area contributed by atoms with Gasteiger partial charge in [0, 0.05) is 24.7 Å². The van der Waals surface area contributed by atoms with Gasteiger partial charge in [-0.2, -0.15) is 14.6 Å². The van der Waals surface area contributed by atoms with E-state index in [4.69, 9.17) is 4.74 Å². The number of hydrogen-bond donors (Lipinski definition) is 1. The zero-order chi connectivity index (χ0) is 19.5. The molecule has 1 fully saturated rings. The van der Waals surface area contributed by atoms with Crippen molar-refractivity contribution in [2.24, 2.45) is 5.92 Å². The maximum absolute atomic E-state index is 13.1. The van der Waals surface area contributed by atoms with Crippen molar-refractivity contribution in [3.05, 3.63) is 42.7 Å². The quantitative estimate of drug-likeness (QED) is 0.730. The lowest BCUT2D eigenvalue weighted by atomic mass is 10.0. The summed E-state index contributed by atoms with van der Waals surface area (Å²) in [5.41, 5.74) is 1.77. The molecular weight excluding hydrogens is 356 g/mol. The first-order chi connectivity index (χ1) is 13.6. The van der Waals surface area contributed by atoms with Crippen LogP contribution in [0, 0.1) is 5.92 Å². The van der Waals surface area contributed by atoms with Crippen molar-refractivity contribution in [3.63, 3.8) is 0 Å². The summed E-state index contributed by atoms with van der Waals surface area (Å²) in [6, 6.07) is 11.4. The molecule has 1 aliphatic rings. The van der Waals surface area contributed by atoms with E-state index in [9.17, 15) is 4.79 Å². The number of aromatic nitrogens is 4. The van der Waals surface area contributed by atoms with Gasteiger partial charge in [0.05, 0.1) is 18.9 Å². The number of amides is 1. The average molecular weight is 380 g/mol. The van der Waals surface area contributed by atoms with E-state index in [2.05, 4.69) is 20.4 Å². The van der Waals surface area contributed by atoms with Gasteiger partial charge in [-0.3, -0.25) is 4.79 Å². The highest BCUT2D eigenvalue weighted by atomic mass is 16.5. The average Bonchev–Trinajstić information content (AvgIpc) is 3.21. The largest absolute Gasteiger partial charge is 0.378 e. The van der Waals surface area contributed by atoms with Crippen molar-refractivity contribution in [2.75, 3.05) is 31.6 Å². The Labute approximate surface area is 163 Å². The van der Waals surface area contributed by atoms with Gasteiger partial charge in [-0.1, -0.05) is 44.2 Å². The van der Waals surface area contributed by atoms with E-state index in [0.717, 1.165) is 11.3 Å². The van der Waals surface area contributed by atoms with E-state index in [1.165, 1.54) is 6.33 Å². The molecule has 0 unspecified atom stereocenters.